The molecule has 1 nitrogen and oxygen atoms in total. The Morgan fingerprint density at radius 1 is 1.17 bits per heavy atom. The van der Waals surface area contributed by atoms with Crippen LogP contribution in [0, 0.1) is 0 Å². The molecule has 0 aliphatic carbocycles. The average Bonchev–Trinajstić information content (AvgIpc) is 2.30. The number of nitrogens with zero attached hydrogens (tertiary/aromatic N) is 1. The van der Waals surface area contributed by atoms with Gasteiger partial charge in [0.1, 0.15) is 0 Å². The van der Waals surface area contributed by atoms with Gasteiger partial charge in [0.25, 0.3) is 0 Å². The first-order valence-electron chi connectivity index (χ1n) is 5.39. The third-order valence-electron chi connectivity index (χ3n) is 2.74. The molecule has 0 heterocycles. The maximum absolute atomic E-state index is 12.4. The van der Waals surface area contributed by atoms with Gasteiger partial charge < -0.3 is 0 Å². The van der Waals surface area contributed by atoms with Gasteiger partial charge in [0.15, 0.2) is 0 Å². The Balaban J connectivity index is 2.88. The van der Waals surface area contributed by atoms with Crippen LogP contribution in [0.25, 0.3) is 0 Å². The Morgan fingerprint density at radius 3 is 2.11 bits per heavy atom. The molecule has 0 amide bonds. The van der Waals surface area contributed by atoms with Crippen molar-refractivity contribution in [2.75, 3.05) is 25.4 Å². The van der Waals surface area contributed by atoms with Gasteiger partial charge in [-0.25, -0.2) is 0 Å². The van der Waals surface area contributed by atoms with Crippen LogP contribution in [0.15, 0.2) is 24.3 Å². The fourth-order valence-electron chi connectivity index (χ4n) is 1.64. The van der Waals surface area contributed by atoms with Crippen LogP contribution in [0.4, 0.5) is 13.2 Å². The molecule has 0 aliphatic rings. The zero-order chi connectivity index (χ0) is 13.8. The molecule has 0 N–H and O–H groups in total. The summed E-state index contributed by atoms with van der Waals surface area (Å²) in [6.45, 7) is 0.625. The fraction of sp³-hybridized carbons (Fsp3) is 0.500. The van der Waals surface area contributed by atoms with Crippen LogP contribution >= 0.6 is 23.2 Å². The Bertz CT molecular complexity index is 365. The van der Waals surface area contributed by atoms with Crippen molar-refractivity contribution in [3.8, 4) is 0 Å². The number of hydrogen-bond donors (Lipinski definition) is 0. The second-order valence-electron chi connectivity index (χ2n) is 3.96. The van der Waals surface area contributed by atoms with Crippen LogP contribution in [0.1, 0.15) is 17.2 Å². The highest BCUT2D eigenvalue weighted by Gasteiger charge is 2.30. The quantitative estimate of drug-likeness (QED) is 0.738. The maximum Gasteiger partial charge on any atom is 0.416 e. The molecule has 1 atom stereocenters. The minimum atomic E-state index is -4.31. The molecule has 0 radical (unpaired) electrons. The SMILES string of the molecule is CN(CCCl)C(CCl)c1ccc(C(F)(F)F)cc1. The van der Waals surface area contributed by atoms with Crippen LogP contribution in [0.3, 0.4) is 0 Å². The first-order chi connectivity index (χ1) is 8.40. The summed E-state index contributed by atoms with van der Waals surface area (Å²) in [6, 6.07) is 4.93. The average molecular weight is 300 g/mol. The lowest BCUT2D eigenvalue weighted by molar-refractivity contribution is -0.137. The van der Waals surface area contributed by atoms with Crippen LogP contribution < -0.4 is 0 Å². The van der Waals surface area contributed by atoms with Gasteiger partial charge in [0, 0.05) is 24.3 Å². The standard InChI is InChI=1S/C12H14Cl2F3N/c1-18(7-6-13)11(8-14)9-2-4-10(5-3-9)12(15,16)17/h2-5,11H,6-8H2,1H3. The lowest BCUT2D eigenvalue weighted by Gasteiger charge is -2.26. The zero-order valence-corrected chi connectivity index (χ0v) is 11.4. The number of benzene rings is 1. The summed E-state index contributed by atoms with van der Waals surface area (Å²) in [5, 5.41) is 0. The normalized spacial score (nSPS) is 13.9. The summed E-state index contributed by atoms with van der Waals surface area (Å²) in [5.41, 5.74) is 0.102. The van der Waals surface area contributed by atoms with Crippen LogP contribution in [-0.2, 0) is 6.18 Å². The van der Waals surface area contributed by atoms with Crippen molar-refractivity contribution in [1.29, 1.82) is 0 Å². The van der Waals surface area contributed by atoms with E-state index in [0.717, 1.165) is 17.7 Å². The Kier molecular flexibility index (Phi) is 5.76. The van der Waals surface area contributed by atoms with Crippen molar-refractivity contribution in [3.63, 3.8) is 0 Å². The molecular formula is C12H14Cl2F3N. The van der Waals surface area contributed by atoms with Crippen molar-refractivity contribution in [1.82, 2.24) is 4.90 Å². The van der Waals surface area contributed by atoms with Gasteiger partial charge in [-0.05, 0) is 24.7 Å². The van der Waals surface area contributed by atoms with E-state index in [0.29, 0.717) is 18.3 Å². The van der Waals surface area contributed by atoms with Crippen molar-refractivity contribution in [2.45, 2.75) is 12.2 Å². The summed E-state index contributed by atoms with van der Waals surface area (Å²) in [4.78, 5) is 1.92. The van der Waals surface area contributed by atoms with Crippen molar-refractivity contribution >= 4 is 23.2 Å². The lowest BCUT2D eigenvalue weighted by Crippen LogP contribution is -2.27. The van der Waals surface area contributed by atoms with Crippen molar-refractivity contribution in [2.24, 2.45) is 0 Å². The smallest absolute Gasteiger partial charge is 0.297 e. The summed E-state index contributed by atoms with van der Waals surface area (Å²) in [7, 11) is 1.84. The van der Waals surface area contributed by atoms with Gasteiger partial charge in [-0.1, -0.05) is 12.1 Å². The molecule has 6 heteroatoms. The molecule has 0 spiro atoms. The zero-order valence-electron chi connectivity index (χ0n) is 9.85. The van der Waals surface area contributed by atoms with E-state index in [4.69, 9.17) is 23.2 Å². The number of halogens is 5. The van der Waals surface area contributed by atoms with E-state index in [1.165, 1.54) is 12.1 Å². The monoisotopic (exact) mass is 299 g/mol. The number of hydrogen-bond acceptors (Lipinski definition) is 1. The number of rotatable bonds is 5. The molecule has 1 unspecified atom stereocenters. The lowest BCUT2D eigenvalue weighted by atomic mass is 10.0. The molecule has 0 bridgehead atoms. The first kappa shape index (κ1) is 15.6. The molecule has 1 aromatic rings. The molecule has 0 aliphatic heterocycles. The minimum Gasteiger partial charge on any atom is -0.297 e. The maximum atomic E-state index is 12.4. The molecule has 1 rings (SSSR count). The third kappa shape index (κ3) is 4.04. The van der Waals surface area contributed by atoms with E-state index < -0.39 is 11.7 Å². The molecule has 0 saturated heterocycles. The largest absolute Gasteiger partial charge is 0.416 e. The topological polar surface area (TPSA) is 3.24 Å². The molecule has 102 valence electrons. The Morgan fingerprint density at radius 2 is 1.72 bits per heavy atom. The second kappa shape index (κ2) is 6.64. The van der Waals surface area contributed by atoms with E-state index in [1.807, 2.05) is 11.9 Å². The summed E-state index contributed by atoms with van der Waals surface area (Å²) >= 11 is 11.5. The predicted molar refractivity (Wildman–Crippen MR) is 68.3 cm³/mol. The van der Waals surface area contributed by atoms with Crippen molar-refractivity contribution in [3.05, 3.63) is 35.4 Å². The summed E-state index contributed by atoms with van der Waals surface area (Å²) in [6.07, 6.45) is -4.31. The van der Waals surface area contributed by atoms with Gasteiger partial charge in [-0.3, -0.25) is 4.90 Å². The van der Waals surface area contributed by atoms with Gasteiger partial charge in [0.05, 0.1) is 5.56 Å². The Hall–Kier alpha value is -0.450. The van der Waals surface area contributed by atoms with E-state index >= 15 is 0 Å². The highest BCUT2D eigenvalue weighted by Crippen LogP contribution is 2.30. The first-order valence-corrected chi connectivity index (χ1v) is 6.46. The van der Waals surface area contributed by atoms with Crippen LogP contribution in [0.2, 0.25) is 0 Å². The minimum absolute atomic E-state index is 0.132. The molecule has 0 aromatic heterocycles. The third-order valence-corrected chi connectivity index (χ3v) is 3.20. The molecule has 18 heavy (non-hydrogen) atoms. The Labute approximate surface area is 114 Å². The fourth-order valence-corrected chi connectivity index (χ4v) is 2.33. The summed E-state index contributed by atoms with van der Waals surface area (Å²) < 4.78 is 37.3. The molecular weight excluding hydrogens is 286 g/mol. The number of alkyl halides is 5. The van der Waals surface area contributed by atoms with E-state index in [2.05, 4.69) is 0 Å². The van der Waals surface area contributed by atoms with Crippen molar-refractivity contribution < 1.29 is 13.2 Å². The van der Waals surface area contributed by atoms with Gasteiger partial charge in [-0.15, -0.1) is 23.2 Å². The molecule has 1 aromatic carbocycles. The van der Waals surface area contributed by atoms with Crippen LogP contribution in [0.5, 0.6) is 0 Å². The van der Waals surface area contributed by atoms with Crippen LogP contribution in [-0.4, -0.2) is 30.3 Å². The molecule has 0 fully saturated rings. The van der Waals surface area contributed by atoms with Gasteiger partial charge in [-0.2, -0.15) is 13.2 Å². The highest BCUT2D eigenvalue weighted by molar-refractivity contribution is 6.18. The second-order valence-corrected chi connectivity index (χ2v) is 4.65. The van der Waals surface area contributed by atoms with Gasteiger partial charge >= 0.3 is 6.18 Å². The van der Waals surface area contributed by atoms with E-state index in [-0.39, 0.29) is 6.04 Å². The van der Waals surface area contributed by atoms with Gasteiger partial charge in [0.2, 0.25) is 0 Å². The summed E-state index contributed by atoms with van der Waals surface area (Å²) in [5.74, 6) is 0.753. The van der Waals surface area contributed by atoms with E-state index in [1.54, 1.807) is 0 Å². The molecule has 0 saturated carbocycles. The van der Waals surface area contributed by atoms with E-state index in [9.17, 15) is 13.2 Å². The predicted octanol–water partition coefficient (Wildman–Crippen LogP) is 4.16. The highest BCUT2D eigenvalue weighted by atomic mass is 35.5.